The van der Waals surface area contributed by atoms with Crippen LogP contribution in [-0.4, -0.2) is 63.8 Å². The van der Waals surface area contributed by atoms with E-state index in [4.69, 9.17) is 10.9 Å². The van der Waals surface area contributed by atoms with E-state index in [1.807, 2.05) is 19.0 Å². The topological polar surface area (TPSA) is 108 Å². The van der Waals surface area contributed by atoms with Crippen LogP contribution in [0.5, 0.6) is 0 Å². The standard InChI is InChI=1S/C13H22N4O3S/c1-17(2)8-6-15-7-9-21(19,20)12-5-3-4-11(10-12)13(14)16-18/h3-5,10,15,18H,6-9H2,1-2H3,(H2,14,16). The lowest BCUT2D eigenvalue weighted by molar-refractivity contribution is 0.318. The smallest absolute Gasteiger partial charge is 0.179 e. The van der Waals surface area contributed by atoms with Crippen LogP contribution >= 0.6 is 0 Å². The predicted octanol–water partition coefficient (Wildman–Crippen LogP) is -0.294. The summed E-state index contributed by atoms with van der Waals surface area (Å²) in [6.07, 6.45) is 0. The Labute approximate surface area is 125 Å². The Morgan fingerprint density at radius 1 is 1.38 bits per heavy atom. The van der Waals surface area contributed by atoms with Crippen molar-refractivity contribution in [3.05, 3.63) is 29.8 Å². The summed E-state index contributed by atoms with van der Waals surface area (Å²) in [5, 5.41) is 14.6. The van der Waals surface area contributed by atoms with E-state index in [1.165, 1.54) is 12.1 Å². The Balaban J connectivity index is 2.66. The van der Waals surface area contributed by atoms with Gasteiger partial charge in [0.05, 0.1) is 10.6 Å². The van der Waals surface area contributed by atoms with E-state index < -0.39 is 9.84 Å². The third kappa shape index (κ3) is 5.70. The minimum atomic E-state index is -3.39. The average Bonchev–Trinajstić information content (AvgIpc) is 2.45. The molecule has 0 atom stereocenters. The van der Waals surface area contributed by atoms with Gasteiger partial charge in [-0.2, -0.15) is 0 Å². The highest BCUT2D eigenvalue weighted by Crippen LogP contribution is 2.13. The lowest BCUT2D eigenvalue weighted by atomic mass is 10.2. The SMILES string of the molecule is CN(C)CCNCCS(=O)(=O)c1cccc(/C(N)=N/O)c1. The molecule has 0 unspecified atom stereocenters. The Morgan fingerprint density at radius 2 is 2.10 bits per heavy atom. The van der Waals surface area contributed by atoms with Crippen molar-refractivity contribution < 1.29 is 13.6 Å². The molecule has 0 aliphatic rings. The molecule has 0 spiro atoms. The zero-order chi connectivity index (χ0) is 15.9. The van der Waals surface area contributed by atoms with Crippen LogP contribution in [-0.2, 0) is 9.84 Å². The highest BCUT2D eigenvalue weighted by atomic mass is 32.2. The molecule has 4 N–H and O–H groups in total. The van der Waals surface area contributed by atoms with Crippen LogP contribution in [0.3, 0.4) is 0 Å². The molecule has 0 heterocycles. The third-order valence-electron chi connectivity index (χ3n) is 2.88. The zero-order valence-corrected chi connectivity index (χ0v) is 13.1. The third-order valence-corrected chi connectivity index (χ3v) is 4.59. The second kappa shape index (κ2) is 7.96. The fourth-order valence-electron chi connectivity index (χ4n) is 1.66. The van der Waals surface area contributed by atoms with Crippen molar-refractivity contribution in [3.63, 3.8) is 0 Å². The number of nitrogens with one attached hydrogen (secondary N) is 1. The lowest BCUT2D eigenvalue weighted by Gasteiger charge is -2.10. The molecule has 21 heavy (non-hydrogen) atoms. The molecule has 0 saturated carbocycles. The largest absolute Gasteiger partial charge is 0.409 e. The van der Waals surface area contributed by atoms with E-state index in [9.17, 15) is 8.42 Å². The maximum atomic E-state index is 12.2. The van der Waals surface area contributed by atoms with E-state index >= 15 is 0 Å². The molecule has 0 saturated heterocycles. The van der Waals surface area contributed by atoms with Crippen molar-refractivity contribution in [2.24, 2.45) is 10.9 Å². The Kier molecular flexibility index (Phi) is 6.60. The number of amidine groups is 1. The first-order chi connectivity index (χ1) is 9.86. The molecular formula is C13H22N4O3S. The van der Waals surface area contributed by atoms with Crippen molar-refractivity contribution in [1.29, 1.82) is 0 Å². The molecule has 0 bridgehead atoms. The summed E-state index contributed by atoms with van der Waals surface area (Å²) in [7, 11) is 0.517. The molecular weight excluding hydrogens is 292 g/mol. The van der Waals surface area contributed by atoms with Gasteiger partial charge < -0.3 is 21.2 Å². The molecule has 8 heteroatoms. The first-order valence-electron chi connectivity index (χ1n) is 6.53. The van der Waals surface area contributed by atoms with Gasteiger partial charge >= 0.3 is 0 Å². The monoisotopic (exact) mass is 314 g/mol. The molecule has 0 aliphatic carbocycles. The number of rotatable bonds is 8. The van der Waals surface area contributed by atoms with E-state index in [0.717, 1.165) is 13.1 Å². The van der Waals surface area contributed by atoms with Crippen molar-refractivity contribution in [2.45, 2.75) is 4.90 Å². The molecule has 118 valence electrons. The average molecular weight is 314 g/mol. The van der Waals surface area contributed by atoms with Crippen LogP contribution in [0.25, 0.3) is 0 Å². The van der Waals surface area contributed by atoms with E-state index in [0.29, 0.717) is 12.1 Å². The second-order valence-corrected chi connectivity index (χ2v) is 6.99. The van der Waals surface area contributed by atoms with E-state index in [2.05, 4.69) is 10.5 Å². The van der Waals surface area contributed by atoms with Crippen LogP contribution in [0.2, 0.25) is 0 Å². The highest BCUT2D eigenvalue weighted by molar-refractivity contribution is 7.91. The molecule has 0 aliphatic heterocycles. The molecule has 0 radical (unpaired) electrons. The Hall–Kier alpha value is -1.64. The zero-order valence-electron chi connectivity index (χ0n) is 12.3. The molecule has 0 fully saturated rings. The predicted molar refractivity (Wildman–Crippen MR) is 82.4 cm³/mol. The summed E-state index contributed by atoms with van der Waals surface area (Å²) in [4.78, 5) is 2.18. The first kappa shape index (κ1) is 17.4. The van der Waals surface area contributed by atoms with Crippen molar-refractivity contribution in [1.82, 2.24) is 10.2 Å². The lowest BCUT2D eigenvalue weighted by Crippen LogP contribution is -2.30. The number of oxime groups is 1. The van der Waals surface area contributed by atoms with Crippen molar-refractivity contribution in [2.75, 3.05) is 39.5 Å². The molecule has 1 rings (SSSR count). The highest BCUT2D eigenvalue weighted by Gasteiger charge is 2.15. The minimum Gasteiger partial charge on any atom is -0.409 e. The molecule has 1 aromatic carbocycles. The molecule has 0 amide bonds. The summed E-state index contributed by atoms with van der Waals surface area (Å²) in [5.74, 6) is -0.115. The maximum Gasteiger partial charge on any atom is 0.179 e. The number of nitrogens with two attached hydrogens (primary N) is 1. The van der Waals surface area contributed by atoms with Gasteiger partial charge in [-0.25, -0.2) is 8.42 Å². The second-order valence-electron chi connectivity index (χ2n) is 4.89. The molecule has 1 aromatic rings. The Morgan fingerprint density at radius 3 is 2.71 bits per heavy atom. The summed E-state index contributed by atoms with van der Waals surface area (Å²) < 4.78 is 24.4. The van der Waals surface area contributed by atoms with Gasteiger partial charge in [-0.05, 0) is 26.2 Å². The normalized spacial score (nSPS) is 12.8. The summed E-state index contributed by atoms with van der Waals surface area (Å²) >= 11 is 0. The fraction of sp³-hybridized carbons (Fsp3) is 0.462. The number of sulfone groups is 1. The quantitative estimate of drug-likeness (QED) is 0.200. The van der Waals surface area contributed by atoms with E-state index in [1.54, 1.807) is 12.1 Å². The molecule has 7 nitrogen and oxygen atoms in total. The number of benzene rings is 1. The van der Waals surface area contributed by atoms with Crippen LogP contribution in [0.4, 0.5) is 0 Å². The molecule has 0 aromatic heterocycles. The van der Waals surface area contributed by atoms with Gasteiger partial charge in [0.1, 0.15) is 0 Å². The van der Waals surface area contributed by atoms with Crippen LogP contribution < -0.4 is 11.1 Å². The number of likely N-dealkylation sites (N-methyl/N-ethyl adjacent to an activating group) is 1. The van der Waals surface area contributed by atoms with Crippen LogP contribution in [0.1, 0.15) is 5.56 Å². The van der Waals surface area contributed by atoms with Gasteiger partial charge in [-0.15, -0.1) is 0 Å². The fourth-order valence-corrected chi connectivity index (χ4v) is 2.90. The summed E-state index contributed by atoms with van der Waals surface area (Å²) in [6, 6.07) is 6.07. The van der Waals surface area contributed by atoms with Crippen molar-refractivity contribution in [3.8, 4) is 0 Å². The van der Waals surface area contributed by atoms with Crippen LogP contribution in [0.15, 0.2) is 34.3 Å². The Bertz CT molecular complexity index is 585. The minimum absolute atomic E-state index is 0.0000541. The first-order valence-corrected chi connectivity index (χ1v) is 8.18. The van der Waals surface area contributed by atoms with Gasteiger partial charge in [0, 0.05) is 25.2 Å². The van der Waals surface area contributed by atoms with Gasteiger partial charge in [0.15, 0.2) is 15.7 Å². The van der Waals surface area contributed by atoms with Gasteiger partial charge in [-0.3, -0.25) is 0 Å². The van der Waals surface area contributed by atoms with Gasteiger partial charge in [0.25, 0.3) is 0 Å². The number of hydrogen-bond acceptors (Lipinski definition) is 6. The van der Waals surface area contributed by atoms with Gasteiger partial charge in [-0.1, -0.05) is 17.3 Å². The van der Waals surface area contributed by atoms with Crippen LogP contribution in [0, 0.1) is 0 Å². The van der Waals surface area contributed by atoms with E-state index in [-0.39, 0.29) is 16.5 Å². The number of nitrogens with zero attached hydrogens (tertiary/aromatic N) is 2. The maximum absolute atomic E-state index is 12.2. The summed E-state index contributed by atoms with van der Waals surface area (Å²) in [5.41, 5.74) is 5.84. The number of hydrogen-bond donors (Lipinski definition) is 3. The van der Waals surface area contributed by atoms with Crippen molar-refractivity contribution >= 4 is 15.7 Å². The summed E-state index contributed by atoms with van der Waals surface area (Å²) in [6.45, 7) is 1.95. The van der Waals surface area contributed by atoms with Gasteiger partial charge in [0.2, 0.25) is 0 Å².